The molecule has 3 N–H and O–H groups in total. The Morgan fingerprint density at radius 3 is 2.84 bits per heavy atom. The first-order valence-electron chi connectivity index (χ1n) is 9.69. The molecule has 7 heteroatoms. The first-order chi connectivity index (χ1) is 12.1. The molecule has 0 spiro atoms. The fourth-order valence-corrected chi connectivity index (χ4v) is 5.00. The van der Waals surface area contributed by atoms with Crippen molar-refractivity contribution in [3.8, 4) is 0 Å². The smallest absolute Gasteiger partial charge is 0.315 e. The van der Waals surface area contributed by atoms with Crippen molar-refractivity contribution in [3.05, 3.63) is 11.6 Å². The lowest BCUT2D eigenvalue weighted by Crippen LogP contribution is -2.50. The third-order valence-electron chi connectivity index (χ3n) is 6.31. The van der Waals surface area contributed by atoms with Crippen LogP contribution < -0.4 is 10.6 Å². The Kier molecular flexibility index (Phi) is 4.43. The number of aromatic nitrogens is 3. The molecule has 0 saturated heterocycles. The third-order valence-corrected chi connectivity index (χ3v) is 6.31. The first kappa shape index (κ1) is 16.8. The van der Waals surface area contributed by atoms with Gasteiger partial charge in [-0.05, 0) is 43.9 Å². The van der Waals surface area contributed by atoms with E-state index < -0.39 is 0 Å². The molecule has 2 bridgehead atoms. The third kappa shape index (κ3) is 3.03. The maximum absolute atomic E-state index is 12.6. The molecule has 4 rings (SSSR count). The Balaban J connectivity index is 1.42. The summed E-state index contributed by atoms with van der Waals surface area (Å²) in [6.45, 7) is 5.21. The Labute approximate surface area is 148 Å². The van der Waals surface area contributed by atoms with E-state index in [1.165, 1.54) is 12.8 Å². The number of amides is 2. The highest BCUT2D eigenvalue weighted by atomic mass is 16.3. The zero-order chi connectivity index (χ0) is 17.6. The molecule has 25 heavy (non-hydrogen) atoms. The van der Waals surface area contributed by atoms with Gasteiger partial charge in [-0.25, -0.2) is 14.5 Å². The standard InChI is InChI=1S/C18H29N5O2/c1-10(2)16-21-17-14(4-3-7-23(17)22-16)19-18(25)20-15-12-6-5-11(8-12)13(15)9-24/h10-15,24H,3-9H2,1-2H3,(H2,19,20,25). The van der Waals surface area contributed by atoms with Crippen molar-refractivity contribution in [2.45, 2.75) is 70.5 Å². The van der Waals surface area contributed by atoms with Crippen LogP contribution in [0.3, 0.4) is 0 Å². The van der Waals surface area contributed by atoms with Crippen molar-refractivity contribution in [2.75, 3.05) is 6.61 Å². The van der Waals surface area contributed by atoms with Crippen LogP contribution in [0.15, 0.2) is 0 Å². The van der Waals surface area contributed by atoms with Crippen molar-refractivity contribution in [2.24, 2.45) is 17.8 Å². The van der Waals surface area contributed by atoms with E-state index in [1.54, 1.807) is 0 Å². The SMILES string of the molecule is CC(C)c1nc2n(n1)CCCC2NC(=O)NC1C2CCC(C2)C1CO. The highest BCUT2D eigenvalue weighted by molar-refractivity contribution is 5.74. The second-order valence-electron chi connectivity index (χ2n) is 8.22. The van der Waals surface area contributed by atoms with Crippen LogP contribution in [0, 0.1) is 17.8 Å². The molecule has 2 aliphatic carbocycles. The lowest BCUT2D eigenvalue weighted by Gasteiger charge is -2.31. The Bertz CT molecular complexity index is 643. The fraction of sp³-hybridized carbons (Fsp3) is 0.833. The number of rotatable bonds is 4. The predicted octanol–water partition coefficient (Wildman–Crippen LogP) is 1.94. The molecule has 0 aromatic carbocycles. The summed E-state index contributed by atoms with van der Waals surface area (Å²) in [6.07, 6.45) is 5.39. The van der Waals surface area contributed by atoms with Crippen LogP contribution in [0.5, 0.6) is 0 Å². The van der Waals surface area contributed by atoms with Gasteiger partial charge in [-0.3, -0.25) is 0 Å². The summed E-state index contributed by atoms with van der Waals surface area (Å²) in [4.78, 5) is 17.2. The number of carbonyl (C=O) groups excluding carboxylic acids is 1. The van der Waals surface area contributed by atoms with Crippen LogP contribution in [0.4, 0.5) is 4.79 Å². The molecule has 3 aliphatic rings. The van der Waals surface area contributed by atoms with Gasteiger partial charge in [0, 0.05) is 31.0 Å². The number of hydrogen-bond donors (Lipinski definition) is 3. The van der Waals surface area contributed by atoms with Gasteiger partial charge in [-0.1, -0.05) is 13.8 Å². The van der Waals surface area contributed by atoms with Gasteiger partial charge in [-0.2, -0.15) is 5.10 Å². The van der Waals surface area contributed by atoms with Crippen molar-refractivity contribution >= 4 is 6.03 Å². The number of aryl methyl sites for hydroxylation is 1. The molecule has 2 heterocycles. The van der Waals surface area contributed by atoms with Gasteiger partial charge < -0.3 is 15.7 Å². The summed E-state index contributed by atoms with van der Waals surface area (Å²) in [5.74, 6) is 3.32. The first-order valence-corrected chi connectivity index (χ1v) is 9.69. The minimum atomic E-state index is -0.136. The highest BCUT2D eigenvalue weighted by Gasteiger charge is 2.47. The molecule has 2 saturated carbocycles. The molecular weight excluding hydrogens is 318 g/mol. The molecule has 5 atom stereocenters. The van der Waals surface area contributed by atoms with E-state index in [9.17, 15) is 9.90 Å². The normalized spacial score (nSPS) is 33.5. The summed E-state index contributed by atoms with van der Waals surface area (Å²) in [5.41, 5.74) is 0. The number of hydrogen-bond acceptors (Lipinski definition) is 4. The minimum absolute atomic E-state index is 0.0834. The van der Waals surface area contributed by atoms with Crippen LogP contribution in [0.1, 0.15) is 69.6 Å². The Morgan fingerprint density at radius 1 is 1.28 bits per heavy atom. The van der Waals surface area contributed by atoms with Crippen molar-refractivity contribution in [1.82, 2.24) is 25.4 Å². The molecule has 7 nitrogen and oxygen atoms in total. The number of carbonyl (C=O) groups is 1. The van der Waals surface area contributed by atoms with E-state index in [0.29, 0.717) is 11.8 Å². The monoisotopic (exact) mass is 347 g/mol. The van der Waals surface area contributed by atoms with E-state index in [2.05, 4.69) is 34.6 Å². The highest BCUT2D eigenvalue weighted by Crippen LogP contribution is 2.48. The molecule has 2 amide bonds. The summed E-state index contributed by atoms with van der Waals surface area (Å²) in [6, 6.07) is -0.111. The number of aliphatic hydroxyl groups is 1. The Hall–Kier alpha value is -1.63. The molecular formula is C18H29N5O2. The zero-order valence-corrected chi connectivity index (χ0v) is 15.1. The van der Waals surface area contributed by atoms with E-state index in [4.69, 9.17) is 0 Å². The number of urea groups is 1. The van der Waals surface area contributed by atoms with Crippen LogP contribution >= 0.6 is 0 Å². The average Bonchev–Trinajstić information content (AvgIpc) is 3.28. The van der Waals surface area contributed by atoms with Gasteiger partial charge in [0.15, 0.2) is 5.82 Å². The molecule has 1 aromatic heterocycles. The van der Waals surface area contributed by atoms with Crippen LogP contribution in [0.2, 0.25) is 0 Å². The van der Waals surface area contributed by atoms with Gasteiger partial charge in [0.1, 0.15) is 5.82 Å². The summed E-state index contributed by atoms with van der Waals surface area (Å²) >= 11 is 0. The van der Waals surface area contributed by atoms with E-state index in [1.807, 2.05) is 4.68 Å². The molecule has 0 radical (unpaired) electrons. The van der Waals surface area contributed by atoms with Crippen LogP contribution in [-0.4, -0.2) is 38.6 Å². The van der Waals surface area contributed by atoms with Crippen LogP contribution in [0.25, 0.3) is 0 Å². The molecule has 5 unspecified atom stereocenters. The van der Waals surface area contributed by atoms with Crippen molar-refractivity contribution < 1.29 is 9.90 Å². The minimum Gasteiger partial charge on any atom is -0.396 e. The molecule has 138 valence electrons. The molecule has 2 fully saturated rings. The summed E-state index contributed by atoms with van der Waals surface area (Å²) < 4.78 is 1.94. The van der Waals surface area contributed by atoms with Crippen molar-refractivity contribution in [3.63, 3.8) is 0 Å². The van der Waals surface area contributed by atoms with Gasteiger partial charge in [0.2, 0.25) is 0 Å². The quantitative estimate of drug-likeness (QED) is 0.776. The summed E-state index contributed by atoms with van der Waals surface area (Å²) in [5, 5.41) is 20.5. The Morgan fingerprint density at radius 2 is 2.08 bits per heavy atom. The van der Waals surface area contributed by atoms with Gasteiger partial charge in [-0.15, -0.1) is 0 Å². The largest absolute Gasteiger partial charge is 0.396 e. The second-order valence-corrected chi connectivity index (χ2v) is 8.22. The van der Waals surface area contributed by atoms with Gasteiger partial charge in [0.25, 0.3) is 0 Å². The fourth-order valence-electron chi connectivity index (χ4n) is 5.00. The van der Waals surface area contributed by atoms with E-state index in [-0.39, 0.29) is 36.6 Å². The van der Waals surface area contributed by atoms with Gasteiger partial charge in [0.05, 0.1) is 6.04 Å². The predicted molar refractivity (Wildman–Crippen MR) is 92.9 cm³/mol. The number of fused-ring (bicyclic) bond motifs is 3. The van der Waals surface area contributed by atoms with E-state index in [0.717, 1.165) is 37.5 Å². The molecule has 1 aliphatic heterocycles. The number of aliphatic hydroxyl groups excluding tert-OH is 1. The number of nitrogens with zero attached hydrogens (tertiary/aromatic N) is 3. The number of nitrogens with one attached hydrogen (secondary N) is 2. The average molecular weight is 347 g/mol. The topological polar surface area (TPSA) is 92.1 Å². The lowest BCUT2D eigenvalue weighted by molar-refractivity contribution is 0.143. The van der Waals surface area contributed by atoms with Crippen molar-refractivity contribution in [1.29, 1.82) is 0 Å². The maximum atomic E-state index is 12.6. The van der Waals surface area contributed by atoms with Gasteiger partial charge >= 0.3 is 6.03 Å². The van der Waals surface area contributed by atoms with E-state index >= 15 is 0 Å². The summed E-state index contributed by atoms with van der Waals surface area (Å²) in [7, 11) is 0. The molecule has 1 aromatic rings. The zero-order valence-electron chi connectivity index (χ0n) is 15.1. The lowest BCUT2D eigenvalue weighted by atomic mass is 9.85. The van der Waals surface area contributed by atoms with Crippen LogP contribution in [-0.2, 0) is 6.54 Å². The second kappa shape index (κ2) is 6.59. The maximum Gasteiger partial charge on any atom is 0.315 e.